The number of likely N-dealkylation sites (tertiary alicyclic amines) is 1. The predicted molar refractivity (Wildman–Crippen MR) is 64.4 cm³/mol. The zero-order valence-corrected chi connectivity index (χ0v) is 10.3. The van der Waals surface area contributed by atoms with Crippen molar-refractivity contribution in [3.8, 4) is 0 Å². The van der Waals surface area contributed by atoms with Gasteiger partial charge in [0.15, 0.2) is 0 Å². The Labute approximate surface area is 98.3 Å². The third kappa shape index (κ3) is 6.08. The van der Waals surface area contributed by atoms with Crippen LogP contribution in [0.5, 0.6) is 0 Å². The number of carbonyl (C=O) groups excluding carboxylic acids is 1. The van der Waals surface area contributed by atoms with E-state index in [0.717, 1.165) is 32.6 Å². The van der Waals surface area contributed by atoms with Crippen LogP contribution in [0.25, 0.3) is 0 Å². The van der Waals surface area contributed by atoms with Crippen LogP contribution in [0.15, 0.2) is 0 Å². The largest absolute Gasteiger partial charge is 0.385 e. The molecule has 94 valence electrons. The summed E-state index contributed by atoms with van der Waals surface area (Å²) >= 11 is 0. The number of piperidine rings is 1. The van der Waals surface area contributed by atoms with Crippen LogP contribution >= 0.6 is 0 Å². The van der Waals surface area contributed by atoms with E-state index in [1.807, 2.05) is 0 Å². The van der Waals surface area contributed by atoms with Crippen molar-refractivity contribution in [1.29, 1.82) is 0 Å². The fourth-order valence-electron chi connectivity index (χ4n) is 1.98. The summed E-state index contributed by atoms with van der Waals surface area (Å²) in [7, 11) is 1.68. The lowest BCUT2D eigenvalue weighted by atomic mass is 10.1. The molecule has 1 N–H and O–H groups in total. The van der Waals surface area contributed by atoms with E-state index in [1.165, 1.54) is 19.3 Å². The topological polar surface area (TPSA) is 41.6 Å². The van der Waals surface area contributed by atoms with Crippen molar-refractivity contribution < 1.29 is 9.53 Å². The SMILES string of the molecule is COCCCNC(=O)CCN1CCCCC1. The number of nitrogens with zero attached hydrogens (tertiary/aromatic N) is 1. The van der Waals surface area contributed by atoms with Crippen molar-refractivity contribution in [3.05, 3.63) is 0 Å². The summed E-state index contributed by atoms with van der Waals surface area (Å²) in [6, 6.07) is 0. The summed E-state index contributed by atoms with van der Waals surface area (Å²) in [5, 5.41) is 2.91. The lowest BCUT2D eigenvalue weighted by molar-refractivity contribution is -0.121. The van der Waals surface area contributed by atoms with Gasteiger partial charge in [-0.25, -0.2) is 0 Å². The molecule has 16 heavy (non-hydrogen) atoms. The zero-order valence-electron chi connectivity index (χ0n) is 10.3. The molecule has 0 radical (unpaired) electrons. The summed E-state index contributed by atoms with van der Waals surface area (Å²) in [5.41, 5.74) is 0. The monoisotopic (exact) mass is 228 g/mol. The quantitative estimate of drug-likeness (QED) is 0.661. The standard InChI is InChI=1S/C12H24N2O2/c1-16-11-5-7-13-12(15)6-10-14-8-3-2-4-9-14/h2-11H2,1H3,(H,13,15). The van der Waals surface area contributed by atoms with Crippen LogP contribution < -0.4 is 5.32 Å². The number of hydrogen-bond acceptors (Lipinski definition) is 3. The molecule has 0 aromatic carbocycles. The molecule has 0 aromatic heterocycles. The molecule has 1 fully saturated rings. The second-order valence-electron chi connectivity index (χ2n) is 4.35. The fourth-order valence-corrected chi connectivity index (χ4v) is 1.98. The van der Waals surface area contributed by atoms with Crippen molar-refractivity contribution in [2.45, 2.75) is 32.1 Å². The van der Waals surface area contributed by atoms with Gasteiger partial charge in [0.05, 0.1) is 0 Å². The van der Waals surface area contributed by atoms with Gasteiger partial charge in [0.25, 0.3) is 0 Å². The van der Waals surface area contributed by atoms with E-state index in [2.05, 4.69) is 10.2 Å². The number of amides is 1. The summed E-state index contributed by atoms with van der Waals surface area (Å²) in [4.78, 5) is 13.9. The molecule has 0 saturated carbocycles. The highest BCUT2D eigenvalue weighted by Crippen LogP contribution is 2.08. The van der Waals surface area contributed by atoms with Crippen LogP contribution in [0.1, 0.15) is 32.1 Å². The molecule has 1 amide bonds. The van der Waals surface area contributed by atoms with Crippen molar-refractivity contribution >= 4 is 5.91 Å². The summed E-state index contributed by atoms with van der Waals surface area (Å²) in [6.07, 6.45) is 5.45. The van der Waals surface area contributed by atoms with Gasteiger partial charge in [0, 0.05) is 33.2 Å². The Bertz CT molecular complexity index is 191. The number of methoxy groups -OCH3 is 1. The molecule has 4 heteroatoms. The number of nitrogens with one attached hydrogen (secondary N) is 1. The molecule has 1 aliphatic heterocycles. The van der Waals surface area contributed by atoms with Gasteiger partial charge in [-0.3, -0.25) is 4.79 Å². The Morgan fingerprint density at radius 2 is 2.06 bits per heavy atom. The molecule has 1 saturated heterocycles. The van der Waals surface area contributed by atoms with Crippen LogP contribution in [-0.4, -0.2) is 50.7 Å². The Hall–Kier alpha value is -0.610. The molecular weight excluding hydrogens is 204 g/mol. The molecule has 1 rings (SSSR count). The highest BCUT2D eigenvalue weighted by molar-refractivity contribution is 5.75. The molecule has 4 nitrogen and oxygen atoms in total. The van der Waals surface area contributed by atoms with Crippen LogP contribution in [0.3, 0.4) is 0 Å². The van der Waals surface area contributed by atoms with Crippen molar-refractivity contribution in [2.24, 2.45) is 0 Å². The maximum Gasteiger partial charge on any atom is 0.221 e. The first-order valence-corrected chi connectivity index (χ1v) is 6.31. The predicted octanol–water partition coefficient (Wildman–Crippen LogP) is 1.02. The molecule has 1 aliphatic rings. The van der Waals surface area contributed by atoms with Crippen LogP contribution in [-0.2, 0) is 9.53 Å². The van der Waals surface area contributed by atoms with Crippen molar-refractivity contribution in [3.63, 3.8) is 0 Å². The fraction of sp³-hybridized carbons (Fsp3) is 0.917. The Kier molecular flexibility index (Phi) is 7.17. The van der Waals surface area contributed by atoms with Crippen LogP contribution in [0.4, 0.5) is 0 Å². The van der Waals surface area contributed by atoms with Gasteiger partial charge in [-0.05, 0) is 32.4 Å². The van der Waals surface area contributed by atoms with Crippen LogP contribution in [0, 0.1) is 0 Å². The highest BCUT2D eigenvalue weighted by Gasteiger charge is 2.11. The van der Waals surface area contributed by atoms with E-state index in [1.54, 1.807) is 7.11 Å². The van der Waals surface area contributed by atoms with Crippen molar-refractivity contribution in [1.82, 2.24) is 10.2 Å². The van der Waals surface area contributed by atoms with Gasteiger partial charge in [-0.15, -0.1) is 0 Å². The zero-order chi connectivity index (χ0) is 11.6. The second-order valence-corrected chi connectivity index (χ2v) is 4.35. The third-order valence-electron chi connectivity index (χ3n) is 2.95. The van der Waals surface area contributed by atoms with Gasteiger partial charge in [-0.1, -0.05) is 6.42 Å². The number of hydrogen-bond donors (Lipinski definition) is 1. The minimum absolute atomic E-state index is 0.168. The van der Waals surface area contributed by atoms with E-state index >= 15 is 0 Å². The van der Waals surface area contributed by atoms with Gasteiger partial charge < -0.3 is 15.0 Å². The lowest BCUT2D eigenvalue weighted by Crippen LogP contribution is -2.34. The third-order valence-corrected chi connectivity index (χ3v) is 2.95. The highest BCUT2D eigenvalue weighted by atomic mass is 16.5. The van der Waals surface area contributed by atoms with Crippen LogP contribution in [0.2, 0.25) is 0 Å². The van der Waals surface area contributed by atoms with E-state index < -0.39 is 0 Å². The second kappa shape index (κ2) is 8.53. The summed E-state index contributed by atoms with van der Waals surface area (Å²) in [5.74, 6) is 0.168. The maximum atomic E-state index is 11.5. The first-order chi connectivity index (χ1) is 7.83. The number of carbonyl (C=O) groups is 1. The smallest absolute Gasteiger partial charge is 0.221 e. The average molecular weight is 228 g/mol. The Morgan fingerprint density at radius 3 is 2.75 bits per heavy atom. The molecule has 0 atom stereocenters. The van der Waals surface area contributed by atoms with Gasteiger partial charge in [0.2, 0.25) is 5.91 Å². The minimum Gasteiger partial charge on any atom is -0.385 e. The Morgan fingerprint density at radius 1 is 1.31 bits per heavy atom. The van der Waals surface area contributed by atoms with Crippen molar-refractivity contribution in [2.75, 3.05) is 39.9 Å². The number of ether oxygens (including phenoxy) is 1. The normalized spacial score (nSPS) is 17.3. The summed E-state index contributed by atoms with van der Waals surface area (Å²) < 4.78 is 4.92. The van der Waals surface area contributed by atoms with Gasteiger partial charge in [0.1, 0.15) is 0 Å². The molecule has 0 unspecified atom stereocenters. The average Bonchev–Trinajstić information content (AvgIpc) is 2.33. The Balaban J connectivity index is 1.96. The number of rotatable bonds is 7. The van der Waals surface area contributed by atoms with Gasteiger partial charge >= 0.3 is 0 Å². The van der Waals surface area contributed by atoms with E-state index in [-0.39, 0.29) is 5.91 Å². The molecule has 1 heterocycles. The molecule has 0 spiro atoms. The van der Waals surface area contributed by atoms with E-state index in [4.69, 9.17) is 4.74 Å². The minimum atomic E-state index is 0.168. The summed E-state index contributed by atoms with van der Waals surface area (Å²) in [6.45, 7) is 4.68. The molecule has 0 aliphatic carbocycles. The van der Waals surface area contributed by atoms with E-state index in [0.29, 0.717) is 13.0 Å². The maximum absolute atomic E-state index is 11.5. The molecule has 0 aromatic rings. The first-order valence-electron chi connectivity index (χ1n) is 6.31. The van der Waals surface area contributed by atoms with E-state index in [9.17, 15) is 4.79 Å². The van der Waals surface area contributed by atoms with Gasteiger partial charge in [-0.2, -0.15) is 0 Å². The molecular formula is C12H24N2O2. The molecule has 0 bridgehead atoms. The first kappa shape index (κ1) is 13.5. The lowest BCUT2D eigenvalue weighted by Gasteiger charge is -2.25.